The van der Waals surface area contributed by atoms with Crippen LogP contribution in [-0.2, 0) is 11.2 Å². The Bertz CT molecular complexity index is 613. The van der Waals surface area contributed by atoms with E-state index in [9.17, 15) is 4.79 Å². The summed E-state index contributed by atoms with van der Waals surface area (Å²) >= 11 is 0. The highest BCUT2D eigenvalue weighted by Crippen LogP contribution is 2.35. The average Bonchev–Trinajstić information content (AvgIpc) is 2.53. The van der Waals surface area contributed by atoms with Crippen molar-refractivity contribution >= 4 is 6.09 Å². The SMILES string of the molecule is COC(=O)N1CCc2ccccc2C1c1ccncc1. The Labute approximate surface area is 118 Å². The molecule has 2 heterocycles. The van der Waals surface area contributed by atoms with Gasteiger partial charge in [0.2, 0.25) is 0 Å². The lowest BCUT2D eigenvalue weighted by atomic mass is 9.89. The predicted molar refractivity (Wildman–Crippen MR) is 75.3 cm³/mol. The molecule has 1 amide bonds. The van der Waals surface area contributed by atoms with E-state index in [0.29, 0.717) is 6.54 Å². The van der Waals surface area contributed by atoms with Crippen molar-refractivity contribution in [2.24, 2.45) is 0 Å². The third-order valence-electron chi connectivity index (χ3n) is 3.71. The van der Waals surface area contributed by atoms with Crippen molar-refractivity contribution in [1.29, 1.82) is 0 Å². The first kappa shape index (κ1) is 12.7. The van der Waals surface area contributed by atoms with Gasteiger partial charge in [0.1, 0.15) is 0 Å². The summed E-state index contributed by atoms with van der Waals surface area (Å²) in [5.74, 6) is 0. The van der Waals surface area contributed by atoms with Crippen LogP contribution in [0.15, 0.2) is 48.8 Å². The average molecular weight is 268 g/mol. The molecule has 0 radical (unpaired) electrons. The van der Waals surface area contributed by atoms with Crippen molar-refractivity contribution in [1.82, 2.24) is 9.88 Å². The molecule has 2 aromatic rings. The Kier molecular flexibility index (Phi) is 3.37. The quantitative estimate of drug-likeness (QED) is 0.798. The summed E-state index contributed by atoms with van der Waals surface area (Å²) in [4.78, 5) is 17.9. The molecular formula is C16H16N2O2. The molecule has 0 N–H and O–H groups in total. The first-order chi connectivity index (χ1) is 9.81. The molecule has 4 heteroatoms. The maximum Gasteiger partial charge on any atom is 0.410 e. The van der Waals surface area contributed by atoms with E-state index in [1.165, 1.54) is 12.7 Å². The number of ether oxygens (including phenoxy) is 1. The fourth-order valence-electron chi connectivity index (χ4n) is 2.79. The van der Waals surface area contributed by atoms with Crippen LogP contribution >= 0.6 is 0 Å². The molecule has 3 rings (SSSR count). The van der Waals surface area contributed by atoms with Gasteiger partial charge in [-0.25, -0.2) is 4.79 Å². The number of benzene rings is 1. The summed E-state index contributed by atoms with van der Waals surface area (Å²) in [6, 6.07) is 12.0. The Hall–Kier alpha value is -2.36. The van der Waals surface area contributed by atoms with Crippen molar-refractivity contribution in [2.75, 3.05) is 13.7 Å². The van der Waals surface area contributed by atoms with Gasteiger partial charge in [-0.2, -0.15) is 0 Å². The second-order valence-electron chi connectivity index (χ2n) is 4.80. The lowest BCUT2D eigenvalue weighted by Gasteiger charge is -2.36. The van der Waals surface area contributed by atoms with Crippen molar-refractivity contribution in [3.63, 3.8) is 0 Å². The van der Waals surface area contributed by atoms with Crippen LogP contribution in [0, 0.1) is 0 Å². The van der Waals surface area contributed by atoms with Gasteiger partial charge in [-0.1, -0.05) is 24.3 Å². The van der Waals surface area contributed by atoms with E-state index in [2.05, 4.69) is 17.1 Å². The molecule has 1 aliphatic heterocycles. The Balaban J connectivity index is 2.10. The topological polar surface area (TPSA) is 42.4 Å². The van der Waals surface area contributed by atoms with E-state index in [0.717, 1.165) is 17.5 Å². The van der Waals surface area contributed by atoms with Gasteiger partial charge < -0.3 is 4.74 Å². The number of carbonyl (C=O) groups is 1. The fraction of sp³-hybridized carbons (Fsp3) is 0.250. The molecule has 0 aliphatic carbocycles. The molecule has 0 fully saturated rings. The summed E-state index contributed by atoms with van der Waals surface area (Å²) in [7, 11) is 1.42. The highest BCUT2D eigenvalue weighted by atomic mass is 16.5. The highest BCUT2D eigenvalue weighted by molar-refractivity contribution is 5.69. The molecule has 1 atom stereocenters. The van der Waals surface area contributed by atoms with Crippen LogP contribution in [0.1, 0.15) is 22.7 Å². The van der Waals surface area contributed by atoms with E-state index < -0.39 is 0 Å². The van der Waals surface area contributed by atoms with Crippen molar-refractivity contribution in [2.45, 2.75) is 12.5 Å². The summed E-state index contributed by atoms with van der Waals surface area (Å²) in [6.45, 7) is 0.663. The van der Waals surface area contributed by atoms with Gasteiger partial charge in [-0.15, -0.1) is 0 Å². The van der Waals surface area contributed by atoms with Crippen LogP contribution in [0.4, 0.5) is 4.79 Å². The minimum absolute atomic E-state index is 0.101. The smallest absolute Gasteiger partial charge is 0.410 e. The minimum atomic E-state index is -0.290. The number of methoxy groups -OCH3 is 1. The van der Waals surface area contributed by atoms with E-state index >= 15 is 0 Å². The fourth-order valence-corrected chi connectivity index (χ4v) is 2.79. The van der Waals surface area contributed by atoms with Gasteiger partial charge in [-0.3, -0.25) is 9.88 Å². The zero-order valence-corrected chi connectivity index (χ0v) is 11.3. The Morgan fingerprint density at radius 3 is 2.75 bits per heavy atom. The van der Waals surface area contributed by atoms with Crippen molar-refractivity contribution in [3.8, 4) is 0 Å². The number of hydrogen-bond acceptors (Lipinski definition) is 3. The second-order valence-corrected chi connectivity index (χ2v) is 4.80. The normalized spacial score (nSPS) is 17.4. The molecule has 0 bridgehead atoms. The van der Waals surface area contributed by atoms with Gasteiger partial charge >= 0.3 is 6.09 Å². The van der Waals surface area contributed by atoms with E-state index in [-0.39, 0.29) is 12.1 Å². The Morgan fingerprint density at radius 2 is 2.00 bits per heavy atom. The lowest BCUT2D eigenvalue weighted by molar-refractivity contribution is 0.109. The number of hydrogen-bond donors (Lipinski definition) is 0. The number of amides is 1. The van der Waals surface area contributed by atoms with Crippen LogP contribution in [0.2, 0.25) is 0 Å². The molecule has 1 aromatic carbocycles. The number of carbonyl (C=O) groups excluding carboxylic acids is 1. The summed E-state index contributed by atoms with van der Waals surface area (Å²) in [5, 5.41) is 0. The zero-order valence-electron chi connectivity index (χ0n) is 11.3. The Morgan fingerprint density at radius 1 is 1.25 bits per heavy atom. The highest BCUT2D eigenvalue weighted by Gasteiger charge is 2.32. The molecule has 1 unspecified atom stereocenters. The first-order valence-electron chi connectivity index (χ1n) is 6.63. The maximum atomic E-state index is 12.0. The third-order valence-corrected chi connectivity index (χ3v) is 3.71. The molecular weight excluding hydrogens is 252 g/mol. The lowest BCUT2D eigenvalue weighted by Crippen LogP contribution is -2.40. The number of pyridine rings is 1. The molecule has 0 saturated heterocycles. The second kappa shape index (κ2) is 5.33. The molecule has 0 saturated carbocycles. The molecule has 102 valence electrons. The number of aromatic nitrogens is 1. The van der Waals surface area contributed by atoms with E-state index in [1.54, 1.807) is 17.3 Å². The van der Waals surface area contributed by atoms with Gasteiger partial charge in [-0.05, 0) is 35.2 Å². The standard InChI is InChI=1S/C16H16N2O2/c1-20-16(19)18-11-8-12-4-2-3-5-14(12)15(18)13-6-9-17-10-7-13/h2-7,9-10,15H,8,11H2,1H3. The van der Waals surface area contributed by atoms with E-state index in [4.69, 9.17) is 4.74 Å². The van der Waals surface area contributed by atoms with Crippen LogP contribution in [0.25, 0.3) is 0 Å². The van der Waals surface area contributed by atoms with Crippen molar-refractivity contribution < 1.29 is 9.53 Å². The number of nitrogens with zero attached hydrogens (tertiary/aromatic N) is 2. The zero-order chi connectivity index (χ0) is 13.9. The van der Waals surface area contributed by atoms with Gasteiger partial charge in [0.15, 0.2) is 0 Å². The number of rotatable bonds is 1. The first-order valence-corrected chi connectivity index (χ1v) is 6.63. The van der Waals surface area contributed by atoms with Crippen molar-refractivity contribution in [3.05, 3.63) is 65.5 Å². The molecule has 20 heavy (non-hydrogen) atoms. The van der Waals surface area contributed by atoms with Crippen LogP contribution in [-0.4, -0.2) is 29.6 Å². The third kappa shape index (κ3) is 2.13. The monoisotopic (exact) mass is 268 g/mol. The minimum Gasteiger partial charge on any atom is -0.453 e. The van der Waals surface area contributed by atoms with Crippen LogP contribution < -0.4 is 0 Å². The summed E-state index contributed by atoms with van der Waals surface area (Å²) in [6.07, 6.45) is 4.07. The summed E-state index contributed by atoms with van der Waals surface area (Å²) in [5.41, 5.74) is 3.50. The number of fused-ring (bicyclic) bond motifs is 1. The van der Waals surface area contributed by atoms with Gasteiger partial charge in [0.05, 0.1) is 13.2 Å². The predicted octanol–water partition coefficient (Wildman–Crippen LogP) is 2.80. The van der Waals surface area contributed by atoms with Crippen LogP contribution in [0.3, 0.4) is 0 Å². The molecule has 1 aliphatic rings. The van der Waals surface area contributed by atoms with Crippen LogP contribution in [0.5, 0.6) is 0 Å². The molecule has 4 nitrogen and oxygen atoms in total. The maximum absolute atomic E-state index is 12.0. The summed E-state index contributed by atoms with van der Waals surface area (Å²) < 4.78 is 4.93. The van der Waals surface area contributed by atoms with Gasteiger partial charge in [0.25, 0.3) is 0 Å². The molecule has 1 aromatic heterocycles. The van der Waals surface area contributed by atoms with Gasteiger partial charge in [0, 0.05) is 18.9 Å². The largest absolute Gasteiger partial charge is 0.453 e. The molecule has 0 spiro atoms. The van der Waals surface area contributed by atoms with E-state index in [1.807, 2.05) is 24.3 Å².